The predicted octanol–water partition coefficient (Wildman–Crippen LogP) is 1.54. The quantitative estimate of drug-likeness (QED) is 0.0509. The summed E-state index contributed by atoms with van der Waals surface area (Å²) < 4.78 is 12.5. The van der Waals surface area contributed by atoms with E-state index < -0.39 is 84.9 Å². The number of hydrogen-bond acceptors (Lipinski definition) is 11. The molecule has 1 aliphatic heterocycles. The molecule has 2 aromatic carbocycles. The fourth-order valence-corrected chi connectivity index (χ4v) is 9.56. The van der Waals surface area contributed by atoms with E-state index in [1.165, 1.54) is 19.4 Å². The third kappa shape index (κ3) is 13.6. The second-order valence-electron chi connectivity index (χ2n) is 19.1. The van der Waals surface area contributed by atoms with Crippen LogP contribution in [0.1, 0.15) is 115 Å². The molecule has 67 heavy (non-hydrogen) atoms. The van der Waals surface area contributed by atoms with Crippen LogP contribution in [0.2, 0.25) is 0 Å². The van der Waals surface area contributed by atoms with E-state index >= 15 is 0 Å². The van der Waals surface area contributed by atoms with Gasteiger partial charge in [0.1, 0.15) is 24.2 Å². The zero-order chi connectivity index (χ0) is 49.1. The summed E-state index contributed by atoms with van der Waals surface area (Å²) >= 11 is 0. The minimum atomic E-state index is -1.56. The first-order valence-electron chi connectivity index (χ1n) is 23.7. The van der Waals surface area contributed by atoms with Crippen LogP contribution in [0, 0.1) is 17.3 Å². The second-order valence-corrected chi connectivity index (χ2v) is 19.1. The Labute approximate surface area is 394 Å². The average molecular weight is 931 g/mol. The molecule has 6 rings (SSSR count). The summed E-state index contributed by atoms with van der Waals surface area (Å²) in [6.07, 6.45) is 4.07. The molecule has 9 atom stereocenters. The first-order chi connectivity index (χ1) is 31.8. The monoisotopic (exact) mass is 931 g/mol. The number of aliphatic hydroxyl groups is 1. The van der Waals surface area contributed by atoms with Gasteiger partial charge in [-0.15, -0.1) is 0 Å². The van der Waals surface area contributed by atoms with E-state index in [-0.39, 0.29) is 43.3 Å². The number of carbonyl (C=O) groups excluding carboxylic acids is 7. The molecule has 366 valence electrons. The van der Waals surface area contributed by atoms with Gasteiger partial charge in [0, 0.05) is 18.5 Å². The number of carbonyl (C=O) groups is 7. The maximum absolute atomic E-state index is 13.6. The molecule has 2 aromatic rings. The van der Waals surface area contributed by atoms with E-state index in [1.54, 1.807) is 12.1 Å². The number of amides is 7. The van der Waals surface area contributed by atoms with Crippen LogP contribution >= 0.6 is 0 Å². The Hall–Kier alpha value is -5.37. The normalized spacial score (nSPS) is 22.3. The maximum atomic E-state index is 13.6. The van der Waals surface area contributed by atoms with E-state index in [4.69, 9.17) is 20.8 Å². The number of aryl methyl sites for hydroxylation is 1. The molecule has 3 aliphatic carbocycles. The number of rotatable bonds is 25. The van der Waals surface area contributed by atoms with Crippen molar-refractivity contribution in [2.45, 2.75) is 148 Å². The Balaban J connectivity index is 1.09. The zero-order valence-corrected chi connectivity index (χ0v) is 39.8. The van der Waals surface area contributed by atoms with Crippen molar-refractivity contribution in [1.29, 1.82) is 0 Å². The predicted molar refractivity (Wildman–Crippen MR) is 252 cm³/mol. The molecule has 4 aliphatic rings. The van der Waals surface area contributed by atoms with Gasteiger partial charge in [-0.25, -0.2) is 0 Å². The van der Waals surface area contributed by atoms with Crippen molar-refractivity contribution in [3.63, 3.8) is 0 Å². The van der Waals surface area contributed by atoms with Crippen LogP contribution in [0.15, 0.2) is 48.5 Å². The number of benzene rings is 2. The van der Waals surface area contributed by atoms with Crippen molar-refractivity contribution in [2.75, 3.05) is 19.5 Å². The molecule has 1 heterocycles. The molecule has 0 aromatic heterocycles. The smallest absolute Gasteiger partial charge is 0.404 e. The van der Waals surface area contributed by atoms with E-state index in [0.29, 0.717) is 36.8 Å². The lowest BCUT2D eigenvalue weighted by Crippen LogP contribution is -2.65. The highest BCUT2D eigenvalue weighted by atomic mass is 16.7. The maximum Gasteiger partial charge on any atom is 0.478 e. The SMILES string of the molecule is CCCCc1ccc(-c2ccc(C(=O)NCCC(=O)N[C@@H](CCCCN)C(=O)NC(C(=O)N[C@@H](C)C(=O)NC(CC(N)=O)C(=O)NCB3OC4CC5CC(C5(C)C)[C@]4(C)O3)C(C)O)cc2)cc1. The van der Waals surface area contributed by atoms with Crippen molar-refractivity contribution >= 4 is 48.5 Å². The van der Waals surface area contributed by atoms with Gasteiger partial charge in [0.15, 0.2) is 0 Å². The van der Waals surface area contributed by atoms with Gasteiger partial charge >= 0.3 is 7.12 Å². The Morgan fingerprint density at radius 1 is 0.806 bits per heavy atom. The third-order valence-corrected chi connectivity index (χ3v) is 13.8. The van der Waals surface area contributed by atoms with Gasteiger partial charge in [0.25, 0.3) is 5.91 Å². The van der Waals surface area contributed by atoms with Gasteiger partial charge in [-0.3, -0.25) is 33.6 Å². The molecular formula is C48H71BN8O10. The van der Waals surface area contributed by atoms with Crippen LogP contribution in [0.4, 0.5) is 0 Å². The van der Waals surface area contributed by atoms with Crippen LogP contribution in [0.3, 0.4) is 0 Å². The zero-order valence-electron chi connectivity index (χ0n) is 39.8. The van der Waals surface area contributed by atoms with Gasteiger partial charge in [-0.05, 0) is 118 Å². The summed E-state index contributed by atoms with van der Waals surface area (Å²) in [5, 5.41) is 26.0. The Morgan fingerprint density at radius 3 is 2.09 bits per heavy atom. The molecule has 6 unspecified atom stereocenters. The lowest BCUT2D eigenvalue weighted by molar-refractivity contribution is -0.199. The second kappa shape index (κ2) is 23.6. The minimum absolute atomic E-state index is 0.0218. The molecule has 18 nitrogen and oxygen atoms in total. The highest BCUT2D eigenvalue weighted by Crippen LogP contribution is 2.65. The van der Waals surface area contributed by atoms with Crippen molar-refractivity contribution in [1.82, 2.24) is 31.9 Å². The molecule has 7 amide bonds. The summed E-state index contributed by atoms with van der Waals surface area (Å²) in [5.74, 6) is -4.20. The number of nitrogens with two attached hydrogens (primary N) is 2. The van der Waals surface area contributed by atoms with Gasteiger partial charge in [-0.2, -0.15) is 0 Å². The van der Waals surface area contributed by atoms with Crippen molar-refractivity contribution in [3.8, 4) is 11.1 Å². The number of unbranched alkanes of at least 4 members (excludes halogenated alkanes) is 2. The Bertz CT molecular complexity index is 2070. The van der Waals surface area contributed by atoms with Crippen LogP contribution < -0.4 is 43.4 Å². The third-order valence-electron chi connectivity index (χ3n) is 13.8. The van der Waals surface area contributed by atoms with Crippen molar-refractivity contribution < 1.29 is 48.0 Å². The van der Waals surface area contributed by atoms with Gasteiger partial charge in [0.05, 0.1) is 30.7 Å². The van der Waals surface area contributed by atoms with Gasteiger partial charge in [-0.1, -0.05) is 63.6 Å². The molecule has 0 spiro atoms. The number of primary amides is 1. The van der Waals surface area contributed by atoms with Crippen molar-refractivity contribution in [2.24, 2.45) is 28.7 Å². The molecule has 4 fully saturated rings. The molecule has 0 radical (unpaired) electrons. The van der Waals surface area contributed by atoms with Crippen molar-refractivity contribution in [3.05, 3.63) is 59.7 Å². The van der Waals surface area contributed by atoms with Crippen LogP contribution in [-0.2, 0) is 44.5 Å². The molecule has 19 heteroatoms. The standard InChI is InChI=1S/C48H71BN8O10/c1-7-8-11-30-13-15-31(16-14-30)32-17-19-33(20-18-32)43(62)52-23-21-40(60)55-35(12-9-10-22-50)45(64)57-41(29(3)58)46(65)54-28(2)42(61)56-36(26-39(51)59)44(63)53-27-49-66-38-25-34-24-37(47(34,4)5)48(38,6)67-49/h13-20,28-29,34-38,41,58H,7-12,21-27,50H2,1-6H3,(H2,51,59)(H,52,62)(H,53,63)(H,54,65)(H,55,60)(H,56,61)(H,57,64)/t28-,29?,34?,35-,36?,37?,38?,41?,48-/m0/s1. The summed E-state index contributed by atoms with van der Waals surface area (Å²) in [5.41, 5.74) is 14.4. The summed E-state index contributed by atoms with van der Waals surface area (Å²) in [6, 6.07) is 10.1. The van der Waals surface area contributed by atoms with Gasteiger partial charge < -0.3 is 57.8 Å². The molecule has 1 saturated heterocycles. The van der Waals surface area contributed by atoms with Crippen LogP contribution in [-0.4, -0.2) is 115 Å². The lowest BCUT2D eigenvalue weighted by Gasteiger charge is -2.64. The van der Waals surface area contributed by atoms with Crippen LogP contribution in [0.5, 0.6) is 0 Å². The average Bonchev–Trinajstić information content (AvgIpc) is 3.64. The fourth-order valence-electron chi connectivity index (χ4n) is 9.56. The molecule has 11 N–H and O–H groups in total. The molecule has 2 bridgehead atoms. The van der Waals surface area contributed by atoms with Gasteiger partial charge in [0.2, 0.25) is 35.4 Å². The molecule has 3 saturated carbocycles. The molecular weight excluding hydrogens is 859 g/mol. The van der Waals surface area contributed by atoms with E-state index in [1.807, 2.05) is 19.1 Å². The minimum Gasteiger partial charge on any atom is -0.404 e. The Kier molecular flexibility index (Phi) is 18.5. The van der Waals surface area contributed by atoms with E-state index in [0.717, 1.165) is 43.2 Å². The summed E-state index contributed by atoms with van der Waals surface area (Å²) in [6.45, 7) is 11.6. The highest BCUT2D eigenvalue weighted by molar-refractivity contribution is 6.46. The first kappa shape index (κ1) is 52.6. The van der Waals surface area contributed by atoms with E-state index in [2.05, 4.69) is 76.9 Å². The summed E-state index contributed by atoms with van der Waals surface area (Å²) in [4.78, 5) is 91.6. The Morgan fingerprint density at radius 2 is 1.48 bits per heavy atom. The lowest BCUT2D eigenvalue weighted by atomic mass is 9.43. The first-order valence-corrected chi connectivity index (χ1v) is 23.7. The number of aliphatic hydroxyl groups excluding tert-OH is 1. The van der Waals surface area contributed by atoms with E-state index in [9.17, 15) is 38.7 Å². The number of hydrogen-bond donors (Lipinski definition) is 9. The highest BCUT2D eigenvalue weighted by Gasteiger charge is 2.67. The largest absolute Gasteiger partial charge is 0.478 e. The summed E-state index contributed by atoms with van der Waals surface area (Å²) in [7, 11) is -0.731. The fraction of sp³-hybridized carbons (Fsp3) is 0.604. The number of nitrogens with one attached hydrogen (secondary N) is 6. The van der Waals surface area contributed by atoms with Crippen LogP contribution in [0.25, 0.3) is 11.1 Å². The topological polar surface area (TPSA) is 282 Å².